The predicted molar refractivity (Wildman–Crippen MR) is 133 cm³/mol. The van der Waals surface area contributed by atoms with E-state index in [2.05, 4.69) is 32.3 Å². The lowest BCUT2D eigenvalue weighted by molar-refractivity contribution is 0.0777. The van der Waals surface area contributed by atoms with Crippen LogP contribution in [0.15, 0.2) is 59.3 Å². The maximum absolute atomic E-state index is 13.1. The van der Waals surface area contributed by atoms with Crippen LogP contribution in [0.5, 0.6) is 11.5 Å². The number of benzene rings is 1. The molecular formula is C25H26N4O3S2. The number of aryl methyl sites for hydroxylation is 3. The molecule has 1 unspecified atom stereocenters. The van der Waals surface area contributed by atoms with Crippen molar-refractivity contribution in [1.29, 1.82) is 0 Å². The van der Waals surface area contributed by atoms with E-state index in [1.807, 2.05) is 48.7 Å². The molecule has 7 nitrogen and oxygen atoms in total. The number of fused-ring (bicyclic) bond motifs is 1. The van der Waals surface area contributed by atoms with Gasteiger partial charge in [-0.1, -0.05) is 30.0 Å². The van der Waals surface area contributed by atoms with E-state index in [1.165, 1.54) is 16.6 Å². The first kappa shape index (κ1) is 22.7. The van der Waals surface area contributed by atoms with Crippen LogP contribution in [-0.4, -0.2) is 43.6 Å². The van der Waals surface area contributed by atoms with Crippen molar-refractivity contribution in [3.05, 3.63) is 76.0 Å². The molecule has 0 fully saturated rings. The van der Waals surface area contributed by atoms with Crippen LogP contribution in [0.25, 0.3) is 0 Å². The highest BCUT2D eigenvalue weighted by atomic mass is 32.2. The second kappa shape index (κ2) is 10.1. The van der Waals surface area contributed by atoms with Crippen LogP contribution in [0, 0.1) is 13.8 Å². The molecule has 5 rings (SSSR count). The number of nitrogens with zero attached hydrogens (tertiary/aromatic N) is 4. The SMILES string of the molecule is Cc1cc(C(=O)CSc2nncn2CCc2cccs2)c(C)n1CC1COc2ccccc2O1. The third kappa shape index (κ3) is 4.90. The second-order valence-electron chi connectivity index (χ2n) is 8.24. The summed E-state index contributed by atoms with van der Waals surface area (Å²) in [5.41, 5.74) is 2.73. The molecule has 9 heteroatoms. The molecule has 0 saturated heterocycles. The Hall–Kier alpha value is -3.04. The maximum Gasteiger partial charge on any atom is 0.191 e. The summed E-state index contributed by atoms with van der Waals surface area (Å²) in [6, 6.07) is 13.9. The zero-order chi connectivity index (χ0) is 23.5. The normalized spacial score (nSPS) is 14.9. The van der Waals surface area contributed by atoms with E-state index in [1.54, 1.807) is 17.7 Å². The summed E-state index contributed by atoms with van der Waals surface area (Å²) in [5, 5.41) is 11.1. The number of aromatic nitrogens is 4. The molecule has 4 aromatic rings. The average Bonchev–Trinajstić information content (AvgIpc) is 3.59. The Labute approximate surface area is 206 Å². The Bertz CT molecular complexity index is 1280. The number of para-hydroxylation sites is 2. The Morgan fingerprint density at radius 3 is 2.88 bits per heavy atom. The van der Waals surface area contributed by atoms with Crippen molar-refractivity contribution in [3.63, 3.8) is 0 Å². The molecule has 3 aromatic heterocycles. The molecule has 34 heavy (non-hydrogen) atoms. The number of rotatable bonds is 9. The summed E-state index contributed by atoms with van der Waals surface area (Å²) in [5.74, 6) is 1.94. The van der Waals surface area contributed by atoms with Gasteiger partial charge in [-0.3, -0.25) is 4.79 Å². The van der Waals surface area contributed by atoms with Crippen molar-refractivity contribution in [1.82, 2.24) is 19.3 Å². The summed E-state index contributed by atoms with van der Waals surface area (Å²) in [7, 11) is 0. The highest BCUT2D eigenvalue weighted by Gasteiger charge is 2.24. The minimum Gasteiger partial charge on any atom is -0.486 e. The molecule has 0 N–H and O–H groups in total. The highest BCUT2D eigenvalue weighted by molar-refractivity contribution is 7.99. The standard InChI is InChI=1S/C25H26N4O3S2/c1-17-12-21(18(2)29(17)13-19-14-31-23-7-3-4-8-24(23)32-19)22(30)15-34-25-27-26-16-28(25)10-9-20-6-5-11-33-20/h3-8,11-12,16,19H,9-10,13-15H2,1-2H3. The fraction of sp³-hybridized carbons (Fsp3) is 0.320. The first-order valence-electron chi connectivity index (χ1n) is 11.2. The fourth-order valence-electron chi connectivity index (χ4n) is 4.12. The Kier molecular flexibility index (Phi) is 6.73. The number of carbonyl (C=O) groups is 1. The molecule has 0 aliphatic carbocycles. The second-order valence-corrected chi connectivity index (χ2v) is 10.2. The Morgan fingerprint density at radius 1 is 1.21 bits per heavy atom. The van der Waals surface area contributed by atoms with Gasteiger partial charge in [0.05, 0.1) is 12.3 Å². The zero-order valence-electron chi connectivity index (χ0n) is 19.1. The van der Waals surface area contributed by atoms with Gasteiger partial charge in [-0.15, -0.1) is 21.5 Å². The molecule has 1 atom stereocenters. The van der Waals surface area contributed by atoms with Gasteiger partial charge in [0.1, 0.15) is 12.9 Å². The number of ketones is 1. The van der Waals surface area contributed by atoms with Crippen LogP contribution in [-0.2, 0) is 19.5 Å². The lowest BCUT2D eigenvalue weighted by Gasteiger charge is -2.27. The highest BCUT2D eigenvalue weighted by Crippen LogP contribution is 2.32. The lowest BCUT2D eigenvalue weighted by Crippen LogP contribution is -2.33. The number of thioether (sulfide) groups is 1. The topological polar surface area (TPSA) is 71.2 Å². The van der Waals surface area contributed by atoms with E-state index in [0.717, 1.165) is 46.6 Å². The molecule has 0 bridgehead atoms. The van der Waals surface area contributed by atoms with Crippen LogP contribution < -0.4 is 9.47 Å². The van der Waals surface area contributed by atoms with Gasteiger partial charge in [-0.05, 0) is 49.9 Å². The van der Waals surface area contributed by atoms with E-state index >= 15 is 0 Å². The van der Waals surface area contributed by atoms with E-state index in [0.29, 0.717) is 18.9 Å². The quantitative estimate of drug-likeness (QED) is 0.246. The van der Waals surface area contributed by atoms with E-state index < -0.39 is 0 Å². The number of carbonyl (C=O) groups excluding carboxylic acids is 1. The molecule has 1 aliphatic rings. The number of thiophene rings is 1. The third-order valence-corrected chi connectivity index (χ3v) is 7.84. The van der Waals surface area contributed by atoms with Gasteiger partial charge >= 0.3 is 0 Å². The van der Waals surface area contributed by atoms with Crippen molar-refractivity contribution < 1.29 is 14.3 Å². The third-order valence-electron chi connectivity index (χ3n) is 5.92. The summed E-state index contributed by atoms with van der Waals surface area (Å²) in [4.78, 5) is 14.4. The molecule has 0 radical (unpaired) electrons. The zero-order valence-corrected chi connectivity index (χ0v) is 20.8. The van der Waals surface area contributed by atoms with E-state index in [9.17, 15) is 4.79 Å². The van der Waals surface area contributed by atoms with Crippen molar-refractivity contribution >= 4 is 28.9 Å². The number of ether oxygens (including phenoxy) is 2. The molecule has 1 aliphatic heterocycles. The first-order valence-corrected chi connectivity index (χ1v) is 13.1. The molecule has 0 saturated carbocycles. The largest absolute Gasteiger partial charge is 0.486 e. The van der Waals surface area contributed by atoms with Gasteiger partial charge < -0.3 is 18.6 Å². The summed E-state index contributed by atoms with van der Waals surface area (Å²) in [6.45, 7) is 5.92. The summed E-state index contributed by atoms with van der Waals surface area (Å²) < 4.78 is 16.1. The molecule has 176 valence electrons. The van der Waals surface area contributed by atoms with Gasteiger partial charge in [-0.2, -0.15) is 0 Å². The molecule has 0 amide bonds. The minimum atomic E-state index is -0.112. The molecule has 4 heterocycles. The minimum absolute atomic E-state index is 0.0864. The van der Waals surface area contributed by atoms with Gasteiger partial charge in [-0.25, -0.2) is 0 Å². The monoisotopic (exact) mass is 494 g/mol. The first-order chi connectivity index (χ1) is 16.6. The van der Waals surface area contributed by atoms with Crippen molar-refractivity contribution in [2.24, 2.45) is 0 Å². The predicted octanol–water partition coefficient (Wildman–Crippen LogP) is 4.82. The molecule has 1 aromatic carbocycles. The van der Waals surface area contributed by atoms with Crippen LogP contribution in [0.2, 0.25) is 0 Å². The fourth-order valence-corrected chi connectivity index (χ4v) is 5.65. The van der Waals surface area contributed by atoms with Gasteiger partial charge in [0.2, 0.25) is 0 Å². The summed E-state index contributed by atoms with van der Waals surface area (Å²) in [6.07, 6.45) is 2.55. The molecular weight excluding hydrogens is 468 g/mol. The molecule has 0 spiro atoms. The Morgan fingerprint density at radius 2 is 2.06 bits per heavy atom. The Balaban J connectivity index is 1.21. The van der Waals surface area contributed by atoms with Crippen LogP contribution in [0.4, 0.5) is 0 Å². The summed E-state index contributed by atoms with van der Waals surface area (Å²) >= 11 is 3.18. The lowest BCUT2D eigenvalue weighted by atomic mass is 10.2. The number of hydrogen-bond acceptors (Lipinski definition) is 7. The van der Waals surface area contributed by atoms with E-state index in [4.69, 9.17) is 9.47 Å². The van der Waals surface area contributed by atoms with Crippen molar-refractivity contribution in [2.45, 2.75) is 44.6 Å². The van der Waals surface area contributed by atoms with Gasteiger partial charge in [0.15, 0.2) is 28.5 Å². The maximum atomic E-state index is 13.1. The number of hydrogen-bond donors (Lipinski definition) is 0. The van der Waals surface area contributed by atoms with E-state index in [-0.39, 0.29) is 11.9 Å². The smallest absolute Gasteiger partial charge is 0.191 e. The van der Waals surface area contributed by atoms with Gasteiger partial charge in [0.25, 0.3) is 0 Å². The van der Waals surface area contributed by atoms with Crippen LogP contribution in [0.1, 0.15) is 26.6 Å². The number of Topliss-reactive ketones (excluding diaryl/α,β-unsaturated/α-hetero) is 1. The van der Waals surface area contributed by atoms with Crippen molar-refractivity contribution in [2.75, 3.05) is 12.4 Å². The average molecular weight is 495 g/mol. The van der Waals surface area contributed by atoms with Crippen molar-refractivity contribution in [3.8, 4) is 11.5 Å². The van der Waals surface area contributed by atoms with Crippen LogP contribution >= 0.6 is 23.1 Å². The van der Waals surface area contributed by atoms with Gasteiger partial charge in [0, 0.05) is 28.4 Å². The van der Waals surface area contributed by atoms with Crippen LogP contribution in [0.3, 0.4) is 0 Å².